The van der Waals surface area contributed by atoms with E-state index in [1.54, 1.807) is 13.0 Å². The largest absolute Gasteiger partial charge is 0.481 e. The molecule has 0 bridgehead atoms. The predicted molar refractivity (Wildman–Crippen MR) is 93.1 cm³/mol. The van der Waals surface area contributed by atoms with E-state index in [-0.39, 0.29) is 24.7 Å². The first kappa shape index (κ1) is 18.6. The molecule has 25 heavy (non-hydrogen) atoms. The molecule has 0 aliphatic carbocycles. The molecule has 0 saturated heterocycles. The molecular formula is C19H20FNO4. The highest BCUT2D eigenvalue weighted by atomic mass is 19.1. The number of carboxylic acid groups (broad SMARTS) is 1. The second-order valence-corrected chi connectivity index (χ2v) is 5.55. The van der Waals surface area contributed by atoms with Crippen molar-refractivity contribution in [3.8, 4) is 5.75 Å². The molecule has 0 amide bonds. The van der Waals surface area contributed by atoms with Crippen LogP contribution in [0.1, 0.15) is 18.1 Å². The molecule has 5 nitrogen and oxygen atoms in total. The van der Waals surface area contributed by atoms with Crippen LogP contribution < -0.4 is 4.74 Å². The Morgan fingerprint density at radius 2 is 2.00 bits per heavy atom. The van der Waals surface area contributed by atoms with Crippen LogP contribution in [0.4, 0.5) is 10.1 Å². The van der Waals surface area contributed by atoms with Gasteiger partial charge in [0.15, 0.2) is 18.4 Å². The number of carboxylic acids is 1. The van der Waals surface area contributed by atoms with Gasteiger partial charge >= 0.3 is 5.97 Å². The summed E-state index contributed by atoms with van der Waals surface area (Å²) in [6.45, 7) is 1.48. The second kappa shape index (κ2) is 8.94. The first-order valence-electron chi connectivity index (χ1n) is 7.78. The molecule has 0 aliphatic heterocycles. The highest BCUT2D eigenvalue weighted by Crippen LogP contribution is 2.32. The van der Waals surface area contributed by atoms with Crippen LogP contribution in [0.5, 0.6) is 5.75 Å². The number of aliphatic imine (C=N–C) groups is 1. The number of methoxy groups -OCH3 is 1. The summed E-state index contributed by atoms with van der Waals surface area (Å²) in [7, 11) is 1.44. The lowest BCUT2D eigenvalue weighted by atomic mass is 9.99. The van der Waals surface area contributed by atoms with E-state index in [0.29, 0.717) is 5.56 Å². The number of aliphatic carboxylic acids is 1. The van der Waals surface area contributed by atoms with Gasteiger partial charge in [0.2, 0.25) is 0 Å². The minimum Gasteiger partial charge on any atom is -0.481 e. The summed E-state index contributed by atoms with van der Waals surface area (Å²) in [6, 6.07) is 12.3. The maximum absolute atomic E-state index is 14.8. The van der Waals surface area contributed by atoms with Gasteiger partial charge in [0.25, 0.3) is 0 Å². The Hall–Kier alpha value is -2.73. The molecule has 132 valence electrons. The van der Waals surface area contributed by atoms with Crippen molar-refractivity contribution in [2.45, 2.75) is 13.3 Å². The lowest BCUT2D eigenvalue weighted by molar-refractivity contribution is -0.141. The molecule has 0 saturated carbocycles. The lowest BCUT2D eigenvalue weighted by Crippen LogP contribution is -2.12. The third kappa shape index (κ3) is 5.12. The van der Waals surface area contributed by atoms with Crippen molar-refractivity contribution in [3.05, 3.63) is 59.4 Å². The van der Waals surface area contributed by atoms with Gasteiger partial charge < -0.3 is 14.6 Å². The Morgan fingerprint density at radius 3 is 2.64 bits per heavy atom. The third-order valence-electron chi connectivity index (χ3n) is 3.59. The maximum atomic E-state index is 14.8. The number of ether oxygens (including phenoxy) is 2. The standard InChI is InChI=1S/C19H20FNO4/c1-13(19(22)23)10-15-8-9-16(25-12-24-2)17(20)18(15)21-11-14-6-4-3-5-7-14/h3-9,11,13H,10,12H2,1-2H3,(H,22,23)/b21-11+. The molecular weight excluding hydrogens is 325 g/mol. The zero-order chi connectivity index (χ0) is 18.2. The molecule has 2 aromatic carbocycles. The fourth-order valence-corrected chi connectivity index (χ4v) is 2.22. The van der Waals surface area contributed by atoms with Crippen molar-refractivity contribution in [3.63, 3.8) is 0 Å². The second-order valence-electron chi connectivity index (χ2n) is 5.55. The Balaban J connectivity index is 2.39. The summed E-state index contributed by atoms with van der Waals surface area (Å²) in [5, 5.41) is 9.11. The Labute approximate surface area is 145 Å². The van der Waals surface area contributed by atoms with Crippen molar-refractivity contribution < 1.29 is 23.8 Å². The normalized spacial score (nSPS) is 12.3. The summed E-state index contributed by atoms with van der Waals surface area (Å²) in [6.07, 6.45) is 1.70. The van der Waals surface area contributed by atoms with Crippen molar-refractivity contribution in [2.24, 2.45) is 10.9 Å². The first-order chi connectivity index (χ1) is 12.0. The van der Waals surface area contributed by atoms with Crippen LogP contribution in [0.2, 0.25) is 0 Å². The number of nitrogens with zero attached hydrogens (tertiary/aromatic N) is 1. The Bertz CT molecular complexity index is 747. The number of benzene rings is 2. The molecule has 6 heteroatoms. The van der Waals surface area contributed by atoms with E-state index in [1.807, 2.05) is 30.3 Å². The van der Waals surface area contributed by atoms with E-state index < -0.39 is 17.7 Å². The van der Waals surface area contributed by atoms with Crippen LogP contribution in [-0.2, 0) is 16.0 Å². The van der Waals surface area contributed by atoms with Gasteiger partial charge in [-0.1, -0.05) is 43.3 Å². The van der Waals surface area contributed by atoms with E-state index >= 15 is 0 Å². The fourth-order valence-electron chi connectivity index (χ4n) is 2.22. The Kier molecular flexibility index (Phi) is 6.65. The number of rotatable bonds is 8. The quantitative estimate of drug-likeness (QED) is 0.583. The van der Waals surface area contributed by atoms with Gasteiger partial charge in [0.05, 0.1) is 5.92 Å². The minimum atomic E-state index is -0.946. The molecule has 2 rings (SSSR count). The molecule has 0 aromatic heterocycles. The molecule has 0 fully saturated rings. The highest BCUT2D eigenvalue weighted by Gasteiger charge is 2.19. The monoisotopic (exact) mass is 345 g/mol. The Morgan fingerprint density at radius 1 is 1.28 bits per heavy atom. The van der Waals surface area contributed by atoms with Crippen LogP contribution in [0.15, 0.2) is 47.5 Å². The predicted octanol–water partition coefficient (Wildman–Crippen LogP) is 3.82. The van der Waals surface area contributed by atoms with E-state index in [2.05, 4.69) is 4.99 Å². The average Bonchev–Trinajstić information content (AvgIpc) is 2.61. The molecule has 0 radical (unpaired) electrons. The maximum Gasteiger partial charge on any atom is 0.306 e. The number of hydrogen-bond acceptors (Lipinski definition) is 4. The number of halogens is 1. The zero-order valence-corrected chi connectivity index (χ0v) is 14.1. The minimum absolute atomic E-state index is 0.00814. The third-order valence-corrected chi connectivity index (χ3v) is 3.59. The number of hydrogen-bond donors (Lipinski definition) is 1. The van der Waals surface area contributed by atoms with Crippen LogP contribution in [0.25, 0.3) is 0 Å². The van der Waals surface area contributed by atoms with Gasteiger partial charge in [-0.25, -0.2) is 4.39 Å². The topological polar surface area (TPSA) is 68.1 Å². The van der Waals surface area contributed by atoms with Gasteiger partial charge in [-0.05, 0) is 23.6 Å². The van der Waals surface area contributed by atoms with Gasteiger partial charge in [-0.2, -0.15) is 0 Å². The lowest BCUT2D eigenvalue weighted by Gasteiger charge is -2.13. The molecule has 0 aliphatic rings. The van der Waals surface area contributed by atoms with Crippen LogP contribution in [-0.4, -0.2) is 31.2 Å². The molecule has 0 heterocycles. The molecule has 1 atom stereocenters. The van der Waals surface area contributed by atoms with Crippen molar-refractivity contribution in [1.82, 2.24) is 0 Å². The van der Waals surface area contributed by atoms with Crippen molar-refractivity contribution >= 4 is 17.9 Å². The molecule has 1 unspecified atom stereocenters. The molecule has 2 aromatic rings. The fraction of sp³-hybridized carbons (Fsp3) is 0.263. The summed E-state index contributed by atoms with van der Waals surface area (Å²) in [4.78, 5) is 15.4. The highest BCUT2D eigenvalue weighted by molar-refractivity contribution is 5.82. The summed E-state index contributed by atoms with van der Waals surface area (Å²) in [5.74, 6) is -2.23. The summed E-state index contributed by atoms with van der Waals surface area (Å²) >= 11 is 0. The van der Waals surface area contributed by atoms with E-state index in [0.717, 1.165) is 5.56 Å². The average molecular weight is 345 g/mol. The van der Waals surface area contributed by atoms with Crippen LogP contribution >= 0.6 is 0 Å². The van der Waals surface area contributed by atoms with Gasteiger partial charge in [0, 0.05) is 13.3 Å². The zero-order valence-electron chi connectivity index (χ0n) is 14.1. The van der Waals surface area contributed by atoms with E-state index in [1.165, 1.54) is 19.4 Å². The molecule has 1 N–H and O–H groups in total. The van der Waals surface area contributed by atoms with Crippen LogP contribution in [0, 0.1) is 11.7 Å². The SMILES string of the molecule is COCOc1ccc(CC(C)C(=O)O)c(/N=C/c2ccccc2)c1F. The van der Waals surface area contributed by atoms with E-state index in [9.17, 15) is 9.18 Å². The first-order valence-corrected chi connectivity index (χ1v) is 7.78. The van der Waals surface area contributed by atoms with Crippen molar-refractivity contribution in [1.29, 1.82) is 0 Å². The van der Waals surface area contributed by atoms with Gasteiger partial charge in [-0.3, -0.25) is 9.79 Å². The van der Waals surface area contributed by atoms with E-state index in [4.69, 9.17) is 14.6 Å². The van der Waals surface area contributed by atoms with Gasteiger partial charge in [-0.15, -0.1) is 0 Å². The molecule has 0 spiro atoms. The number of carbonyl (C=O) groups is 1. The van der Waals surface area contributed by atoms with Crippen molar-refractivity contribution in [2.75, 3.05) is 13.9 Å². The summed E-state index contributed by atoms with van der Waals surface area (Å²) in [5.41, 5.74) is 1.39. The smallest absolute Gasteiger partial charge is 0.306 e. The van der Waals surface area contributed by atoms with Gasteiger partial charge in [0.1, 0.15) is 5.69 Å². The van der Waals surface area contributed by atoms with Crippen LogP contribution in [0.3, 0.4) is 0 Å². The summed E-state index contributed by atoms with van der Waals surface area (Å²) < 4.78 is 24.8.